The van der Waals surface area contributed by atoms with E-state index >= 15 is 0 Å². The lowest BCUT2D eigenvalue weighted by Gasteiger charge is -2.25. The van der Waals surface area contributed by atoms with Gasteiger partial charge in [0.25, 0.3) is 0 Å². The SMILES string of the molecule is CCN(CC)[C@@H](C)C(=O)c1ccc2c(c1)OCO2. The van der Waals surface area contributed by atoms with E-state index in [1.54, 1.807) is 18.2 Å². The zero-order chi connectivity index (χ0) is 13.1. The van der Waals surface area contributed by atoms with Crippen molar-refractivity contribution in [3.63, 3.8) is 0 Å². The first kappa shape index (κ1) is 12.9. The molecule has 0 N–H and O–H groups in total. The van der Waals surface area contributed by atoms with E-state index in [0.717, 1.165) is 13.1 Å². The van der Waals surface area contributed by atoms with Crippen molar-refractivity contribution in [1.29, 1.82) is 0 Å². The number of ether oxygens (including phenoxy) is 2. The molecule has 0 radical (unpaired) electrons. The van der Waals surface area contributed by atoms with Crippen molar-refractivity contribution in [3.05, 3.63) is 23.8 Å². The zero-order valence-electron chi connectivity index (χ0n) is 11.1. The quantitative estimate of drug-likeness (QED) is 0.751. The van der Waals surface area contributed by atoms with Crippen molar-refractivity contribution < 1.29 is 14.3 Å². The number of fused-ring (bicyclic) bond motifs is 1. The summed E-state index contributed by atoms with van der Waals surface area (Å²) < 4.78 is 10.5. The molecule has 2 rings (SSSR count). The van der Waals surface area contributed by atoms with Crippen LogP contribution in [0.5, 0.6) is 11.5 Å². The van der Waals surface area contributed by atoms with Crippen LogP contribution in [0.2, 0.25) is 0 Å². The predicted octanol–water partition coefficient (Wildman–Crippen LogP) is 2.33. The lowest BCUT2D eigenvalue weighted by Crippen LogP contribution is -2.38. The molecular formula is C14H19NO3. The summed E-state index contributed by atoms with van der Waals surface area (Å²) in [5.74, 6) is 1.49. The molecule has 0 amide bonds. The Hall–Kier alpha value is -1.55. The average molecular weight is 249 g/mol. The highest BCUT2D eigenvalue weighted by Crippen LogP contribution is 2.32. The largest absolute Gasteiger partial charge is 0.454 e. The van der Waals surface area contributed by atoms with Gasteiger partial charge in [0, 0.05) is 5.56 Å². The molecule has 1 aliphatic heterocycles. The van der Waals surface area contributed by atoms with Gasteiger partial charge in [0.1, 0.15) is 0 Å². The van der Waals surface area contributed by atoms with Gasteiger partial charge in [-0.25, -0.2) is 0 Å². The maximum absolute atomic E-state index is 12.4. The van der Waals surface area contributed by atoms with Crippen molar-refractivity contribution in [2.75, 3.05) is 19.9 Å². The van der Waals surface area contributed by atoms with Gasteiger partial charge in [0.2, 0.25) is 6.79 Å². The van der Waals surface area contributed by atoms with E-state index in [4.69, 9.17) is 9.47 Å². The molecule has 0 unspecified atom stereocenters. The van der Waals surface area contributed by atoms with Gasteiger partial charge >= 0.3 is 0 Å². The third-order valence-corrected chi connectivity index (χ3v) is 3.40. The third-order valence-electron chi connectivity index (χ3n) is 3.40. The minimum Gasteiger partial charge on any atom is -0.454 e. The molecule has 4 nitrogen and oxygen atoms in total. The molecule has 98 valence electrons. The highest BCUT2D eigenvalue weighted by atomic mass is 16.7. The Bertz CT molecular complexity index is 441. The Morgan fingerprint density at radius 3 is 2.61 bits per heavy atom. The van der Waals surface area contributed by atoms with Crippen molar-refractivity contribution in [1.82, 2.24) is 4.90 Å². The minimum atomic E-state index is -0.111. The maximum atomic E-state index is 12.4. The molecule has 0 spiro atoms. The molecule has 0 aromatic heterocycles. The molecule has 0 bridgehead atoms. The Morgan fingerprint density at radius 2 is 1.94 bits per heavy atom. The van der Waals surface area contributed by atoms with Crippen molar-refractivity contribution in [3.8, 4) is 11.5 Å². The van der Waals surface area contributed by atoms with Gasteiger partial charge in [-0.2, -0.15) is 0 Å². The summed E-state index contributed by atoms with van der Waals surface area (Å²) >= 11 is 0. The molecular weight excluding hydrogens is 230 g/mol. The lowest BCUT2D eigenvalue weighted by atomic mass is 10.0. The number of carbonyl (C=O) groups is 1. The number of ketones is 1. The summed E-state index contributed by atoms with van der Waals surface area (Å²) in [4.78, 5) is 14.5. The molecule has 0 fully saturated rings. The Morgan fingerprint density at radius 1 is 1.28 bits per heavy atom. The molecule has 1 aromatic rings. The second-order valence-corrected chi connectivity index (χ2v) is 4.33. The number of hydrogen-bond acceptors (Lipinski definition) is 4. The van der Waals surface area contributed by atoms with E-state index in [1.165, 1.54) is 0 Å². The fourth-order valence-electron chi connectivity index (χ4n) is 2.23. The van der Waals surface area contributed by atoms with E-state index in [1.807, 2.05) is 6.92 Å². The number of nitrogens with zero attached hydrogens (tertiary/aromatic N) is 1. The predicted molar refractivity (Wildman–Crippen MR) is 69.3 cm³/mol. The second kappa shape index (κ2) is 5.40. The maximum Gasteiger partial charge on any atom is 0.231 e. The van der Waals surface area contributed by atoms with Gasteiger partial charge in [-0.3, -0.25) is 9.69 Å². The van der Waals surface area contributed by atoms with Gasteiger partial charge in [-0.15, -0.1) is 0 Å². The molecule has 18 heavy (non-hydrogen) atoms. The second-order valence-electron chi connectivity index (χ2n) is 4.33. The van der Waals surface area contributed by atoms with Crippen molar-refractivity contribution in [2.45, 2.75) is 26.8 Å². The highest BCUT2D eigenvalue weighted by molar-refractivity contribution is 6.00. The van der Waals surface area contributed by atoms with Crippen LogP contribution in [-0.4, -0.2) is 36.6 Å². The number of carbonyl (C=O) groups excluding carboxylic acids is 1. The molecule has 1 heterocycles. The minimum absolute atomic E-state index is 0.111. The smallest absolute Gasteiger partial charge is 0.231 e. The first-order valence-corrected chi connectivity index (χ1v) is 6.35. The Kier molecular flexibility index (Phi) is 3.87. The molecule has 0 saturated heterocycles. The molecule has 0 aliphatic carbocycles. The normalized spacial score (nSPS) is 14.9. The number of rotatable bonds is 5. The number of hydrogen-bond donors (Lipinski definition) is 0. The Labute approximate surface area is 107 Å². The average Bonchev–Trinajstić information content (AvgIpc) is 2.86. The van der Waals surface area contributed by atoms with Crippen molar-refractivity contribution in [2.24, 2.45) is 0 Å². The topological polar surface area (TPSA) is 38.8 Å². The van der Waals surface area contributed by atoms with Crippen molar-refractivity contribution >= 4 is 5.78 Å². The molecule has 1 aliphatic rings. The van der Waals surface area contributed by atoms with E-state index in [9.17, 15) is 4.79 Å². The third kappa shape index (κ3) is 2.34. The first-order chi connectivity index (χ1) is 8.67. The van der Waals surface area contributed by atoms with Gasteiger partial charge in [-0.1, -0.05) is 13.8 Å². The summed E-state index contributed by atoms with van der Waals surface area (Å²) in [6.45, 7) is 8.04. The lowest BCUT2D eigenvalue weighted by molar-refractivity contribution is 0.0851. The molecule has 1 aromatic carbocycles. The number of benzene rings is 1. The van der Waals surface area contributed by atoms with Gasteiger partial charge in [-0.05, 0) is 38.2 Å². The van der Waals surface area contributed by atoms with Crippen LogP contribution in [0.1, 0.15) is 31.1 Å². The number of likely N-dealkylation sites (N-methyl/N-ethyl adjacent to an activating group) is 1. The highest BCUT2D eigenvalue weighted by Gasteiger charge is 2.22. The summed E-state index contributed by atoms with van der Waals surface area (Å²) in [5, 5.41) is 0. The van der Waals surface area contributed by atoms with E-state index in [2.05, 4.69) is 18.7 Å². The van der Waals surface area contributed by atoms with E-state index in [0.29, 0.717) is 17.1 Å². The van der Waals surface area contributed by atoms with Crippen LogP contribution >= 0.6 is 0 Å². The molecule has 0 saturated carbocycles. The van der Waals surface area contributed by atoms with Gasteiger partial charge in [0.15, 0.2) is 17.3 Å². The van der Waals surface area contributed by atoms with Crippen LogP contribution in [0, 0.1) is 0 Å². The van der Waals surface area contributed by atoms with E-state index < -0.39 is 0 Å². The monoisotopic (exact) mass is 249 g/mol. The fraction of sp³-hybridized carbons (Fsp3) is 0.500. The van der Waals surface area contributed by atoms with Gasteiger partial charge in [0.05, 0.1) is 6.04 Å². The van der Waals surface area contributed by atoms with Gasteiger partial charge < -0.3 is 9.47 Å². The summed E-state index contributed by atoms with van der Waals surface area (Å²) in [6.07, 6.45) is 0. The fourth-order valence-corrected chi connectivity index (χ4v) is 2.23. The van der Waals surface area contributed by atoms with Crippen LogP contribution in [-0.2, 0) is 0 Å². The van der Waals surface area contributed by atoms with E-state index in [-0.39, 0.29) is 18.6 Å². The molecule has 4 heteroatoms. The number of Topliss-reactive ketones (excluding diaryl/α,β-unsaturated/α-hetero) is 1. The Balaban J connectivity index is 2.18. The zero-order valence-corrected chi connectivity index (χ0v) is 11.1. The summed E-state index contributed by atoms with van der Waals surface area (Å²) in [6, 6.07) is 5.26. The van der Waals surface area contributed by atoms with Crippen LogP contribution in [0.15, 0.2) is 18.2 Å². The molecule has 1 atom stereocenters. The standard InChI is InChI=1S/C14H19NO3/c1-4-15(5-2)10(3)14(16)11-6-7-12-13(8-11)18-9-17-12/h6-8,10H,4-5,9H2,1-3H3/t10-/m0/s1. The van der Waals surface area contributed by atoms with Crippen LogP contribution in [0.4, 0.5) is 0 Å². The van der Waals surface area contributed by atoms with Crippen LogP contribution in [0.3, 0.4) is 0 Å². The van der Waals surface area contributed by atoms with Crippen LogP contribution < -0.4 is 9.47 Å². The summed E-state index contributed by atoms with van der Waals surface area (Å²) in [7, 11) is 0. The summed E-state index contributed by atoms with van der Waals surface area (Å²) in [5.41, 5.74) is 0.679. The van der Waals surface area contributed by atoms with Crippen LogP contribution in [0.25, 0.3) is 0 Å². The first-order valence-electron chi connectivity index (χ1n) is 6.35.